The number of aliphatic hydroxyl groups is 1. The summed E-state index contributed by atoms with van der Waals surface area (Å²) in [6, 6.07) is 0. The van der Waals surface area contributed by atoms with Gasteiger partial charge in [0, 0.05) is 25.7 Å². The Labute approximate surface area is 562 Å². The number of phosphoric acid groups is 2. The molecule has 0 amide bonds. The van der Waals surface area contributed by atoms with Crippen molar-refractivity contribution in [2.45, 2.75) is 406 Å². The lowest BCUT2D eigenvalue weighted by molar-refractivity contribution is -0.161. The van der Waals surface area contributed by atoms with Crippen LogP contribution < -0.4 is 0 Å². The summed E-state index contributed by atoms with van der Waals surface area (Å²) in [6.07, 6.45) is 57.0. The number of rotatable bonds is 74. The molecule has 0 aromatic heterocycles. The predicted octanol–water partition coefficient (Wildman–Crippen LogP) is 21.4. The monoisotopic (exact) mass is 1350 g/mol. The van der Waals surface area contributed by atoms with Crippen LogP contribution in [0, 0.1) is 0 Å². The van der Waals surface area contributed by atoms with Crippen molar-refractivity contribution in [2.24, 2.45) is 0 Å². The summed E-state index contributed by atoms with van der Waals surface area (Å²) in [5, 5.41) is 10.6. The highest BCUT2D eigenvalue weighted by atomic mass is 31.2. The zero-order chi connectivity index (χ0) is 67.5. The van der Waals surface area contributed by atoms with Gasteiger partial charge in [-0.2, -0.15) is 0 Å². The molecule has 0 rings (SSSR count). The van der Waals surface area contributed by atoms with Gasteiger partial charge in [0.05, 0.1) is 26.4 Å². The SMILES string of the molecule is CCCCCCCCCCCCCCCCCCCCCCCCC(=O)O[C@H](COC(=O)CCCCCCCCCCCCCC)COP(=O)(O)OC[C@@H](O)COP(=O)(O)OC[C@@H](COC(=O)CCCCCCCCCCC)OC(=O)CCCCCCCCCCC. The molecule has 546 valence electrons. The number of hydrogen-bond acceptors (Lipinski definition) is 15. The number of carbonyl (C=O) groups is 4. The van der Waals surface area contributed by atoms with Crippen LogP contribution >= 0.6 is 15.6 Å². The highest BCUT2D eigenvalue weighted by molar-refractivity contribution is 7.47. The second-order valence-corrected chi connectivity index (χ2v) is 29.2. The Hall–Kier alpha value is -1.94. The average Bonchev–Trinajstić information content (AvgIpc) is 3.02. The van der Waals surface area contributed by atoms with E-state index in [1.54, 1.807) is 0 Å². The van der Waals surface area contributed by atoms with E-state index in [0.717, 1.165) is 89.9 Å². The molecule has 3 N–H and O–H groups in total. The predicted molar refractivity (Wildman–Crippen MR) is 372 cm³/mol. The quantitative estimate of drug-likeness (QED) is 0.0222. The van der Waals surface area contributed by atoms with E-state index in [1.165, 1.54) is 218 Å². The summed E-state index contributed by atoms with van der Waals surface area (Å²) in [4.78, 5) is 72.5. The Kier molecular flexibility index (Phi) is 66.2. The Morgan fingerprint density at radius 2 is 0.435 bits per heavy atom. The lowest BCUT2D eigenvalue weighted by atomic mass is 10.0. The molecule has 2 unspecified atom stereocenters. The van der Waals surface area contributed by atoms with Crippen LogP contribution in [0.3, 0.4) is 0 Å². The number of carbonyl (C=O) groups excluding carboxylic acids is 4. The van der Waals surface area contributed by atoms with Crippen LogP contribution in [-0.2, 0) is 65.4 Å². The molecule has 0 saturated heterocycles. The van der Waals surface area contributed by atoms with Gasteiger partial charge in [-0.3, -0.25) is 37.3 Å². The van der Waals surface area contributed by atoms with Crippen LogP contribution in [0.25, 0.3) is 0 Å². The minimum atomic E-state index is -4.95. The topological polar surface area (TPSA) is 237 Å². The van der Waals surface area contributed by atoms with Gasteiger partial charge in [0.1, 0.15) is 19.3 Å². The first-order chi connectivity index (χ1) is 44.7. The normalized spacial score (nSPS) is 13.9. The Morgan fingerprint density at radius 3 is 0.641 bits per heavy atom. The standard InChI is InChI=1S/C73H142O17P2/c1-5-9-13-17-21-25-27-29-30-31-32-33-34-35-36-37-38-40-44-48-52-56-60-73(78)90-69(64-84-71(76)58-54-50-46-43-39-28-26-22-18-14-10-6-2)66-88-92(81,82)86-62-67(74)61-85-91(79,80)87-65-68(89-72(77)59-55-51-47-42-24-20-16-12-8-4)63-83-70(75)57-53-49-45-41-23-19-15-11-7-3/h67-69,74H,5-66H2,1-4H3,(H,79,80)(H,81,82)/t67-,68+,69+/m0/s1. The van der Waals surface area contributed by atoms with Crippen LogP contribution in [0.1, 0.15) is 387 Å². The maximum absolute atomic E-state index is 13.0. The summed E-state index contributed by atoms with van der Waals surface area (Å²) in [6.45, 7) is 4.92. The third-order valence-electron chi connectivity index (χ3n) is 17.1. The largest absolute Gasteiger partial charge is 0.472 e. The van der Waals surface area contributed by atoms with E-state index in [2.05, 4.69) is 27.7 Å². The third kappa shape index (κ3) is 66.7. The Balaban J connectivity index is 5.13. The van der Waals surface area contributed by atoms with Crippen molar-refractivity contribution >= 4 is 39.5 Å². The van der Waals surface area contributed by atoms with Gasteiger partial charge < -0.3 is 33.8 Å². The first-order valence-corrected chi connectivity index (χ1v) is 41.3. The minimum absolute atomic E-state index is 0.106. The van der Waals surface area contributed by atoms with E-state index >= 15 is 0 Å². The lowest BCUT2D eigenvalue weighted by Gasteiger charge is -2.21. The van der Waals surface area contributed by atoms with Crippen LogP contribution in [0.15, 0.2) is 0 Å². The van der Waals surface area contributed by atoms with E-state index in [1.807, 2.05) is 0 Å². The van der Waals surface area contributed by atoms with Crippen molar-refractivity contribution in [1.29, 1.82) is 0 Å². The van der Waals surface area contributed by atoms with Crippen LogP contribution in [-0.4, -0.2) is 96.7 Å². The number of ether oxygens (including phenoxy) is 4. The summed E-state index contributed by atoms with van der Waals surface area (Å²) >= 11 is 0. The zero-order valence-electron chi connectivity index (χ0n) is 59.5. The Morgan fingerprint density at radius 1 is 0.261 bits per heavy atom. The number of aliphatic hydroxyl groups excluding tert-OH is 1. The molecule has 0 aliphatic heterocycles. The number of esters is 4. The number of unbranched alkanes of at least 4 members (excludes halogenated alkanes) is 48. The highest BCUT2D eigenvalue weighted by Crippen LogP contribution is 2.45. The van der Waals surface area contributed by atoms with E-state index < -0.39 is 97.5 Å². The van der Waals surface area contributed by atoms with Gasteiger partial charge in [-0.05, 0) is 25.7 Å². The van der Waals surface area contributed by atoms with Gasteiger partial charge in [0.15, 0.2) is 12.2 Å². The molecule has 5 atom stereocenters. The van der Waals surface area contributed by atoms with Gasteiger partial charge in [-0.25, -0.2) is 9.13 Å². The zero-order valence-corrected chi connectivity index (χ0v) is 61.3. The molecule has 0 aromatic rings. The molecule has 0 heterocycles. The Bertz CT molecular complexity index is 1760. The lowest BCUT2D eigenvalue weighted by Crippen LogP contribution is -2.30. The molecule has 19 heteroatoms. The van der Waals surface area contributed by atoms with Crippen molar-refractivity contribution in [3.05, 3.63) is 0 Å². The average molecular weight is 1350 g/mol. The third-order valence-corrected chi connectivity index (χ3v) is 19.0. The number of phosphoric ester groups is 2. The van der Waals surface area contributed by atoms with E-state index in [-0.39, 0.29) is 25.7 Å². The number of hydrogen-bond donors (Lipinski definition) is 3. The van der Waals surface area contributed by atoms with Gasteiger partial charge >= 0.3 is 39.5 Å². The maximum atomic E-state index is 13.0. The van der Waals surface area contributed by atoms with Crippen molar-refractivity contribution in [2.75, 3.05) is 39.6 Å². The molecule has 0 bridgehead atoms. The fourth-order valence-corrected chi connectivity index (χ4v) is 12.8. The van der Waals surface area contributed by atoms with E-state index in [0.29, 0.717) is 25.7 Å². The first kappa shape index (κ1) is 90.1. The van der Waals surface area contributed by atoms with Crippen molar-refractivity contribution in [1.82, 2.24) is 0 Å². The van der Waals surface area contributed by atoms with Crippen LogP contribution in [0.2, 0.25) is 0 Å². The highest BCUT2D eigenvalue weighted by Gasteiger charge is 2.30. The summed E-state index contributed by atoms with van der Waals surface area (Å²) in [5.74, 6) is -2.12. The first-order valence-electron chi connectivity index (χ1n) is 38.3. The van der Waals surface area contributed by atoms with Gasteiger partial charge in [-0.15, -0.1) is 0 Å². The fourth-order valence-electron chi connectivity index (χ4n) is 11.2. The minimum Gasteiger partial charge on any atom is -0.462 e. The molecule has 0 radical (unpaired) electrons. The molecule has 0 fully saturated rings. The summed E-state index contributed by atoms with van der Waals surface area (Å²) in [5.41, 5.74) is 0. The summed E-state index contributed by atoms with van der Waals surface area (Å²) in [7, 11) is -9.89. The van der Waals surface area contributed by atoms with Crippen molar-refractivity contribution < 1.29 is 80.2 Å². The van der Waals surface area contributed by atoms with Crippen LogP contribution in [0.4, 0.5) is 0 Å². The molecule has 0 saturated carbocycles. The van der Waals surface area contributed by atoms with Gasteiger partial charge in [0.2, 0.25) is 0 Å². The molecule has 0 aliphatic carbocycles. The maximum Gasteiger partial charge on any atom is 0.472 e. The molecular weight excluding hydrogens is 1210 g/mol. The molecule has 0 spiro atoms. The van der Waals surface area contributed by atoms with Crippen molar-refractivity contribution in [3.8, 4) is 0 Å². The van der Waals surface area contributed by atoms with Crippen molar-refractivity contribution in [3.63, 3.8) is 0 Å². The molecule has 17 nitrogen and oxygen atoms in total. The molecule has 92 heavy (non-hydrogen) atoms. The van der Waals surface area contributed by atoms with Crippen LogP contribution in [0.5, 0.6) is 0 Å². The smallest absolute Gasteiger partial charge is 0.462 e. The summed E-state index contributed by atoms with van der Waals surface area (Å²) < 4.78 is 68.3. The fraction of sp³-hybridized carbons (Fsp3) is 0.945. The van der Waals surface area contributed by atoms with Gasteiger partial charge in [0.25, 0.3) is 0 Å². The second-order valence-electron chi connectivity index (χ2n) is 26.3. The molecule has 0 aromatic carbocycles. The van der Waals surface area contributed by atoms with E-state index in [9.17, 15) is 43.2 Å². The van der Waals surface area contributed by atoms with Gasteiger partial charge in [-0.1, -0.05) is 336 Å². The second kappa shape index (κ2) is 67.6. The molecular formula is C73H142O17P2. The molecule has 0 aliphatic rings. The van der Waals surface area contributed by atoms with E-state index in [4.69, 9.17) is 37.0 Å².